The third-order valence-corrected chi connectivity index (χ3v) is 6.73. The van der Waals surface area contributed by atoms with Gasteiger partial charge in [-0.2, -0.15) is 0 Å². The highest BCUT2D eigenvalue weighted by atomic mass is 16.6. The first-order valence-corrected chi connectivity index (χ1v) is 14.0. The van der Waals surface area contributed by atoms with Crippen molar-refractivity contribution in [2.45, 2.75) is 64.1 Å². The summed E-state index contributed by atoms with van der Waals surface area (Å²) in [5.41, 5.74) is 12.0. The summed E-state index contributed by atoms with van der Waals surface area (Å²) in [5, 5.41) is 21.2. The first kappa shape index (κ1) is 30.9. The number of nitrogens with one attached hydrogen (secondary N) is 4. The lowest BCUT2D eigenvalue weighted by atomic mass is 9.91. The van der Waals surface area contributed by atoms with E-state index in [9.17, 15) is 9.59 Å². The first-order valence-electron chi connectivity index (χ1n) is 14.0. The molecule has 0 aliphatic heterocycles. The van der Waals surface area contributed by atoms with Gasteiger partial charge in [0.05, 0.1) is 0 Å². The number of carbonyl (C=O) groups is 2. The molecule has 4 rings (SSSR count). The van der Waals surface area contributed by atoms with E-state index in [1.807, 2.05) is 20.8 Å². The Kier molecular flexibility index (Phi) is 9.54. The fraction of sp³-hybridized carbons (Fsp3) is 0.312. The minimum atomic E-state index is -0.563. The normalized spacial score (nSPS) is 16.4. The van der Waals surface area contributed by atoms with Crippen molar-refractivity contribution in [2.75, 3.05) is 0 Å². The molecule has 0 aromatic heterocycles. The Hall–Kier alpha value is -5.06. The predicted molar refractivity (Wildman–Crippen MR) is 164 cm³/mol. The molecule has 0 spiro atoms. The van der Waals surface area contributed by atoms with E-state index in [1.54, 1.807) is 66.7 Å². The van der Waals surface area contributed by atoms with E-state index in [-0.39, 0.29) is 29.7 Å². The highest BCUT2D eigenvalue weighted by Gasteiger charge is 2.26. The Balaban J connectivity index is 1.47. The average molecular weight is 587 g/mol. The maximum atomic E-state index is 13.4. The second-order valence-electron chi connectivity index (χ2n) is 11.4. The van der Waals surface area contributed by atoms with E-state index in [4.69, 9.17) is 36.5 Å². The van der Waals surface area contributed by atoms with Gasteiger partial charge in [0.1, 0.15) is 40.3 Å². The summed E-state index contributed by atoms with van der Waals surface area (Å²) in [6, 6.07) is 18.3. The molecule has 43 heavy (non-hydrogen) atoms. The quantitative estimate of drug-likeness (QED) is 0.143. The van der Waals surface area contributed by atoms with Crippen molar-refractivity contribution in [3.05, 3.63) is 83.4 Å². The summed E-state index contributed by atoms with van der Waals surface area (Å²) >= 11 is 0. The molecular formula is C32H38N6O5. The molecule has 0 heterocycles. The van der Waals surface area contributed by atoms with Crippen molar-refractivity contribution in [3.63, 3.8) is 0 Å². The van der Waals surface area contributed by atoms with Crippen LogP contribution in [0.3, 0.4) is 0 Å². The van der Waals surface area contributed by atoms with Gasteiger partial charge in [-0.15, -0.1) is 0 Å². The minimum Gasteiger partial charge on any atom is -0.457 e. The number of nitrogen functional groups attached to an aromatic ring is 2. The fourth-order valence-corrected chi connectivity index (χ4v) is 4.62. The van der Waals surface area contributed by atoms with Crippen molar-refractivity contribution in [1.82, 2.24) is 10.6 Å². The molecule has 1 aliphatic rings. The Morgan fingerprint density at radius 2 is 1.09 bits per heavy atom. The second kappa shape index (κ2) is 13.3. The highest BCUT2D eigenvalue weighted by Crippen LogP contribution is 2.31. The van der Waals surface area contributed by atoms with Gasteiger partial charge in [0, 0.05) is 34.8 Å². The van der Waals surface area contributed by atoms with Gasteiger partial charge in [-0.05, 0) is 107 Å². The van der Waals surface area contributed by atoms with Crippen LogP contribution >= 0.6 is 0 Å². The minimum absolute atomic E-state index is 0.0106. The number of hydrogen-bond donors (Lipinski definition) is 6. The predicted octanol–water partition coefficient (Wildman–Crippen LogP) is 5.41. The van der Waals surface area contributed by atoms with Crippen LogP contribution < -0.4 is 31.6 Å². The smallest absolute Gasteiger partial charge is 0.407 e. The summed E-state index contributed by atoms with van der Waals surface area (Å²) in [4.78, 5) is 25.5. The standard InChI is InChI=1S/C32H38N6O5/c1-32(2,3)43-31(40)38-23-10-8-22(9-11-23)37-30(39)21-16-26(41-24-12-4-19(5-13-24)28(33)34)18-27(17-21)42-25-14-6-20(7-15-25)29(35)36/h4-7,12-18,22-23H,8-11H2,1-3H3,(H3,33,34)(H3,35,36)(H,37,39)(H,38,40). The monoisotopic (exact) mass is 586 g/mol. The van der Waals surface area contributed by atoms with Gasteiger partial charge >= 0.3 is 6.09 Å². The van der Waals surface area contributed by atoms with Gasteiger partial charge in [-0.3, -0.25) is 15.6 Å². The lowest BCUT2D eigenvalue weighted by Gasteiger charge is -2.30. The van der Waals surface area contributed by atoms with Crippen molar-refractivity contribution in [2.24, 2.45) is 11.5 Å². The van der Waals surface area contributed by atoms with Crippen molar-refractivity contribution >= 4 is 23.7 Å². The number of hydrogen-bond acceptors (Lipinski definition) is 7. The first-order chi connectivity index (χ1) is 20.3. The van der Waals surface area contributed by atoms with E-state index in [2.05, 4.69) is 10.6 Å². The van der Waals surface area contributed by atoms with Crippen LogP contribution in [0.1, 0.15) is 67.9 Å². The topological polar surface area (TPSA) is 186 Å². The van der Waals surface area contributed by atoms with Crippen LogP contribution in [0.15, 0.2) is 66.7 Å². The lowest BCUT2D eigenvalue weighted by molar-refractivity contribution is 0.0488. The summed E-state index contributed by atoms with van der Waals surface area (Å²) in [5.74, 6) is 1.37. The zero-order chi connectivity index (χ0) is 31.1. The van der Waals surface area contributed by atoms with Crippen LogP contribution in [0, 0.1) is 10.8 Å². The molecule has 0 atom stereocenters. The summed E-state index contributed by atoms with van der Waals surface area (Å²) in [6.07, 6.45) is 2.41. The Bertz CT molecular complexity index is 1400. The summed E-state index contributed by atoms with van der Waals surface area (Å²) < 4.78 is 17.4. The number of amides is 2. The summed E-state index contributed by atoms with van der Waals surface area (Å²) in [6.45, 7) is 5.47. The van der Waals surface area contributed by atoms with Crippen LogP contribution in [-0.2, 0) is 4.74 Å². The van der Waals surface area contributed by atoms with Gasteiger partial charge < -0.3 is 36.3 Å². The number of amidine groups is 2. The van der Waals surface area contributed by atoms with Crippen LogP contribution in [0.5, 0.6) is 23.0 Å². The number of carbonyl (C=O) groups excluding carboxylic acids is 2. The van der Waals surface area contributed by atoms with E-state index in [1.165, 1.54) is 0 Å². The third kappa shape index (κ3) is 9.22. The van der Waals surface area contributed by atoms with Crippen LogP contribution in [-0.4, -0.2) is 41.4 Å². The molecule has 11 nitrogen and oxygen atoms in total. The summed E-state index contributed by atoms with van der Waals surface area (Å²) in [7, 11) is 0. The van der Waals surface area contributed by atoms with Crippen LogP contribution in [0.4, 0.5) is 4.79 Å². The van der Waals surface area contributed by atoms with Crippen LogP contribution in [0.25, 0.3) is 0 Å². The number of benzene rings is 3. The number of nitrogens with two attached hydrogens (primary N) is 2. The number of ether oxygens (including phenoxy) is 3. The van der Waals surface area contributed by atoms with E-state index < -0.39 is 11.7 Å². The maximum Gasteiger partial charge on any atom is 0.407 e. The maximum absolute atomic E-state index is 13.4. The van der Waals surface area contributed by atoms with Crippen LogP contribution in [0.2, 0.25) is 0 Å². The van der Waals surface area contributed by atoms with Gasteiger partial charge in [-0.1, -0.05) is 0 Å². The molecule has 0 saturated heterocycles. The average Bonchev–Trinajstić information content (AvgIpc) is 2.93. The molecule has 0 bridgehead atoms. The molecule has 1 fully saturated rings. The van der Waals surface area contributed by atoms with Gasteiger partial charge in [-0.25, -0.2) is 4.79 Å². The molecular weight excluding hydrogens is 548 g/mol. The van der Waals surface area contributed by atoms with Crippen molar-refractivity contribution in [3.8, 4) is 23.0 Å². The van der Waals surface area contributed by atoms with Gasteiger partial charge in [0.15, 0.2) is 0 Å². The van der Waals surface area contributed by atoms with Gasteiger partial charge in [0.2, 0.25) is 0 Å². The SMILES string of the molecule is CC(C)(C)OC(=O)NC1CCC(NC(=O)c2cc(Oc3ccc(C(=N)N)cc3)cc(Oc3ccc(C(=N)N)cc3)c2)CC1. The zero-order valence-corrected chi connectivity index (χ0v) is 24.5. The molecule has 8 N–H and O–H groups in total. The Labute approximate surface area is 250 Å². The Morgan fingerprint density at radius 3 is 1.49 bits per heavy atom. The lowest BCUT2D eigenvalue weighted by Crippen LogP contribution is -2.45. The van der Waals surface area contributed by atoms with Gasteiger partial charge in [0.25, 0.3) is 5.91 Å². The molecule has 3 aromatic carbocycles. The van der Waals surface area contributed by atoms with E-state index in [0.29, 0.717) is 65.4 Å². The van der Waals surface area contributed by atoms with Crippen molar-refractivity contribution in [1.29, 1.82) is 10.8 Å². The highest BCUT2D eigenvalue weighted by molar-refractivity contribution is 5.96. The molecule has 2 amide bonds. The van der Waals surface area contributed by atoms with E-state index in [0.717, 1.165) is 0 Å². The molecule has 1 saturated carbocycles. The molecule has 11 heteroatoms. The van der Waals surface area contributed by atoms with E-state index >= 15 is 0 Å². The molecule has 0 radical (unpaired) electrons. The zero-order valence-electron chi connectivity index (χ0n) is 24.5. The largest absolute Gasteiger partial charge is 0.457 e. The fourth-order valence-electron chi connectivity index (χ4n) is 4.62. The second-order valence-corrected chi connectivity index (χ2v) is 11.4. The Morgan fingerprint density at radius 1 is 0.674 bits per heavy atom. The molecule has 0 unspecified atom stereocenters. The third-order valence-electron chi connectivity index (χ3n) is 6.73. The molecule has 3 aromatic rings. The molecule has 1 aliphatic carbocycles. The number of rotatable bonds is 9. The number of alkyl carbamates (subject to hydrolysis) is 1. The van der Waals surface area contributed by atoms with Crippen molar-refractivity contribution < 1.29 is 23.8 Å². The molecule has 226 valence electrons.